The fourth-order valence-electron chi connectivity index (χ4n) is 0.906. The average Bonchev–Trinajstić information content (AvgIpc) is 2.09. The van der Waals surface area contributed by atoms with Crippen LogP contribution in [-0.2, 0) is 13.6 Å². The third kappa shape index (κ3) is 2.22. The fraction of sp³-hybridized carbons (Fsp3) is 0.286. The molecular weight excluding hydrogens is 186 g/mol. The lowest BCUT2D eigenvalue weighted by Gasteiger charge is -1.99. The summed E-state index contributed by atoms with van der Waals surface area (Å²) in [5.41, 5.74) is 9.60. The molecule has 0 spiro atoms. The molecule has 7 nitrogen and oxygen atoms in total. The molecule has 0 aliphatic carbocycles. The summed E-state index contributed by atoms with van der Waals surface area (Å²) in [5.74, 6) is -0.0988. The molecule has 5 N–H and O–H groups in total. The Labute approximate surface area is 79.1 Å². The highest BCUT2D eigenvalue weighted by atomic mass is 16.2. The van der Waals surface area contributed by atoms with Crippen LogP contribution in [0.25, 0.3) is 0 Å². The van der Waals surface area contributed by atoms with Crippen LogP contribution < -0.4 is 22.7 Å². The van der Waals surface area contributed by atoms with Crippen molar-refractivity contribution in [1.29, 1.82) is 0 Å². The van der Waals surface area contributed by atoms with Crippen LogP contribution in [0.5, 0.6) is 0 Å². The van der Waals surface area contributed by atoms with Crippen LogP contribution in [-0.4, -0.2) is 15.5 Å². The zero-order chi connectivity index (χ0) is 10.7. The number of H-pyrrole nitrogens is 1. The number of aromatic amines is 1. The Morgan fingerprint density at radius 2 is 2.21 bits per heavy atom. The van der Waals surface area contributed by atoms with Gasteiger partial charge in [0, 0.05) is 13.2 Å². The first kappa shape index (κ1) is 10.0. The molecule has 7 heteroatoms. The van der Waals surface area contributed by atoms with Crippen LogP contribution in [0.4, 0.5) is 0 Å². The van der Waals surface area contributed by atoms with Gasteiger partial charge < -0.3 is 16.0 Å². The minimum Gasteiger partial charge on any atom is -0.370 e. The Balaban J connectivity index is 3.11. The standard InChI is InChI=1S/C7H11N5O2/c1-12-3-4(2-10-6(8)9)5(13)11-7(12)14/h3H,2H2,1H3,(H4,8,9,10)(H,11,13,14). The van der Waals surface area contributed by atoms with Crippen molar-refractivity contribution in [2.45, 2.75) is 6.54 Å². The lowest BCUT2D eigenvalue weighted by molar-refractivity contribution is 0.774. The fourth-order valence-corrected chi connectivity index (χ4v) is 0.906. The van der Waals surface area contributed by atoms with Gasteiger partial charge in [-0.3, -0.25) is 9.78 Å². The molecule has 14 heavy (non-hydrogen) atoms. The average molecular weight is 197 g/mol. The maximum atomic E-state index is 11.2. The zero-order valence-corrected chi connectivity index (χ0v) is 7.65. The van der Waals surface area contributed by atoms with Crippen LogP contribution in [0.2, 0.25) is 0 Å². The van der Waals surface area contributed by atoms with Gasteiger partial charge in [-0.25, -0.2) is 9.79 Å². The highest BCUT2D eigenvalue weighted by Crippen LogP contribution is 1.88. The normalized spacial score (nSPS) is 9.79. The van der Waals surface area contributed by atoms with Crippen molar-refractivity contribution in [3.8, 4) is 0 Å². The Bertz CT molecular complexity index is 466. The maximum absolute atomic E-state index is 11.2. The van der Waals surface area contributed by atoms with Crippen molar-refractivity contribution < 1.29 is 0 Å². The molecule has 0 bridgehead atoms. The second kappa shape index (κ2) is 3.77. The summed E-state index contributed by atoms with van der Waals surface area (Å²) in [5, 5.41) is 0. The van der Waals surface area contributed by atoms with Gasteiger partial charge in [0.25, 0.3) is 5.56 Å². The molecule has 1 aromatic heterocycles. The molecule has 1 aromatic rings. The van der Waals surface area contributed by atoms with Gasteiger partial charge in [-0.05, 0) is 0 Å². The number of guanidine groups is 1. The maximum Gasteiger partial charge on any atom is 0.328 e. The number of rotatable bonds is 2. The van der Waals surface area contributed by atoms with E-state index in [2.05, 4.69) is 9.98 Å². The van der Waals surface area contributed by atoms with E-state index in [1.165, 1.54) is 17.8 Å². The molecule has 0 aromatic carbocycles. The predicted molar refractivity (Wildman–Crippen MR) is 51.8 cm³/mol. The van der Waals surface area contributed by atoms with E-state index in [0.29, 0.717) is 5.56 Å². The lowest BCUT2D eigenvalue weighted by atomic mass is 10.3. The summed E-state index contributed by atoms with van der Waals surface area (Å²) >= 11 is 0. The van der Waals surface area contributed by atoms with Crippen molar-refractivity contribution in [2.24, 2.45) is 23.5 Å². The summed E-state index contributed by atoms with van der Waals surface area (Å²) in [6, 6.07) is 0. The molecule has 1 heterocycles. The summed E-state index contributed by atoms with van der Waals surface area (Å²) in [4.78, 5) is 27.9. The Hall–Kier alpha value is -2.05. The highest BCUT2D eigenvalue weighted by Gasteiger charge is 2.00. The van der Waals surface area contributed by atoms with Gasteiger partial charge in [0.15, 0.2) is 5.96 Å². The molecule has 76 valence electrons. The van der Waals surface area contributed by atoms with Crippen molar-refractivity contribution >= 4 is 5.96 Å². The molecule has 0 fully saturated rings. The Morgan fingerprint density at radius 3 is 2.79 bits per heavy atom. The third-order valence-corrected chi connectivity index (χ3v) is 1.61. The predicted octanol–water partition coefficient (Wildman–Crippen LogP) is -2.15. The summed E-state index contributed by atoms with van der Waals surface area (Å²) in [7, 11) is 1.53. The van der Waals surface area contributed by atoms with E-state index < -0.39 is 11.2 Å². The van der Waals surface area contributed by atoms with Gasteiger partial charge in [0.1, 0.15) is 0 Å². The topological polar surface area (TPSA) is 119 Å². The quantitative estimate of drug-likeness (QED) is 0.369. The number of aromatic nitrogens is 2. The van der Waals surface area contributed by atoms with Gasteiger partial charge in [-0.2, -0.15) is 0 Å². The van der Waals surface area contributed by atoms with Crippen LogP contribution in [0.3, 0.4) is 0 Å². The number of aryl methyl sites for hydroxylation is 1. The third-order valence-electron chi connectivity index (χ3n) is 1.61. The lowest BCUT2D eigenvalue weighted by Crippen LogP contribution is -2.30. The summed E-state index contributed by atoms with van der Waals surface area (Å²) in [6.07, 6.45) is 1.40. The van der Waals surface area contributed by atoms with Gasteiger partial charge in [-0.15, -0.1) is 0 Å². The molecule has 0 atom stereocenters. The molecule has 1 rings (SSSR count). The molecule has 0 saturated heterocycles. The van der Waals surface area contributed by atoms with E-state index in [9.17, 15) is 9.59 Å². The van der Waals surface area contributed by atoms with Crippen molar-refractivity contribution in [2.75, 3.05) is 0 Å². The minimum absolute atomic E-state index is 0.0613. The zero-order valence-electron chi connectivity index (χ0n) is 7.65. The summed E-state index contributed by atoms with van der Waals surface area (Å²) < 4.78 is 1.25. The van der Waals surface area contributed by atoms with Gasteiger partial charge >= 0.3 is 5.69 Å². The molecule has 0 aliphatic heterocycles. The Kier molecular flexibility index (Phi) is 2.70. The minimum atomic E-state index is -0.474. The molecule has 0 amide bonds. The van der Waals surface area contributed by atoms with Crippen molar-refractivity contribution in [1.82, 2.24) is 9.55 Å². The molecule has 0 aliphatic rings. The largest absolute Gasteiger partial charge is 0.370 e. The molecule has 0 saturated carbocycles. The van der Waals surface area contributed by atoms with Crippen molar-refractivity contribution in [3.05, 3.63) is 32.6 Å². The first-order valence-corrected chi connectivity index (χ1v) is 3.85. The number of nitrogens with two attached hydrogens (primary N) is 2. The second-order valence-corrected chi connectivity index (χ2v) is 2.77. The van der Waals surface area contributed by atoms with E-state index in [4.69, 9.17) is 11.5 Å². The summed E-state index contributed by atoms with van der Waals surface area (Å²) in [6.45, 7) is 0.0613. The number of hydrogen-bond donors (Lipinski definition) is 3. The smallest absolute Gasteiger partial charge is 0.328 e. The number of hydrogen-bond acceptors (Lipinski definition) is 3. The van der Waals surface area contributed by atoms with E-state index in [1.54, 1.807) is 0 Å². The van der Waals surface area contributed by atoms with Gasteiger partial charge in [0.05, 0.1) is 12.1 Å². The number of nitrogens with zero attached hydrogens (tertiary/aromatic N) is 2. The van der Waals surface area contributed by atoms with Crippen LogP contribution in [0, 0.1) is 0 Å². The first-order valence-electron chi connectivity index (χ1n) is 3.85. The number of nitrogens with one attached hydrogen (secondary N) is 1. The van der Waals surface area contributed by atoms with Gasteiger partial charge in [-0.1, -0.05) is 0 Å². The van der Waals surface area contributed by atoms with E-state index >= 15 is 0 Å². The van der Waals surface area contributed by atoms with E-state index in [0.717, 1.165) is 0 Å². The second-order valence-electron chi connectivity index (χ2n) is 2.77. The molecule has 0 unspecified atom stereocenters. The SMILES string of the molecule is Cn1cc(CN=C(N)N)c(=O)[nH]c1=O. The highest BCUT2D eigenvalue weighted by molar-refractivity contribution is 5.75. The molecule has 0 radical (unpaired) electrons. The van der Waals surface area contributed by atoms with Crippen LogP contribution >= 0.6 is 0 Å². The Morgan fingerprint density at radius 1 is 1.57 bits per heavy atom. The van der Waals surface area contributed by atoms with E-state index in [-0.39, 0.29) is 12.5 Å². The monoisotopic (exact) mass is 197 g/mol. The van der Waals surface area contributed by atoms with Crippen LogP contribution in [0.15, 0.2) is 20.8 Å². The first-order chi connectivity index (χ1) is 6.50. The van der Waals surface area contributed by atoms with Crippen LogP contribution in [0.1, 0.15) is 5.56 Å². The number of aliphatic imine (C=N–C) groups is 1. The molecular formula is C7H11N5O2. The van der Waals surface area contributed by atoms with Crippen molar-refractivity contribution in [3.63, 3.8) is 0 Å². The van der Waals surface area contributed by atoms with Gasteiger partial charge in [0.2, 0.25) is 0 Å². The van der Waals surface area contributed by atoms with E-state index in [1.807, 2.05) is 0 Å².